The van der Waals surface area contributed by atoms with Gasteiger partial charge in [0.1, 0.15) is 11.6 Å². The van der Waals surface area contributed by atoms with Crippen LogP contribution in [0.15, 0.2) is 24.3 Å². The van der Waals surface area contributed by atoms with Gasteiger partial charge in [-0.15, -0.1) is 12.4 Å². The highest BCUT2D eigenvalue weighted by molar-refractivity contribution is 5.85. The fraction of sp³-hybridized carbons (Fsp3) is 0.562. The summed E-state index contributed by atoms with van der Waals surface area (Å²) in [5.41, 5.74) is 5.70. The van der Waals surface area contributed by atoms with Gasteiger partial charge in [0.2, 0.25) is 5.91 Å². The van der Waals surface area contributed by atoms with Crippen LogP contribution in [-0.4, -0.2) is 25.1 Å². The Bertz CT molecular complexity index is 456. The summed E-state index contributed by atoms with van der Waals surface area (Å²) in [6.07, 6.45) is 4.35. The van der Waals surface area contributed by atoms with Crippen molar-refractivity contribution in [1.29, 1.82) is 0 Å². The molecule has 1 saturated carbocycles. The number of nitrogens with two attached hydrogens (primary N) is 1. The molecule has 1 fully saturated rings. The van der Waals surface area contributed by atoms with Gasteiger partial charge in [-0.05, 0) is 56.0 Å². The van der Waals surface area contributed by atoms with Crippen molar-refractivity contribution in [3.05, 3.63) is 30.1 Å². The standard InChI is InChI=1S/C16H23FN2O2.ClH/c17-13-6-8-14(9-7-13)21-10-2-5-16(20)19-15-4-1-3-12(15)11-18;/h6-9,12,15H,1-5,10-11,18H2,(H,19,20);1H. The highest BCUT2D eigenvalue weighted by Gasteiger charge is 2.26. The predicted octanol–water partition coefficient (Wildman–Crippen LogP) is 2.65. The van der Waals surface area contributed by atoms with Crippen LogP contribution in [0.25, 0.3) is 0 Å². The normalized spacial score (nSPS) is 20.3. The number of carbonyl (C=O) groups is 1. The van der Waals surface area contributed by atoms with Gasteiger partial charge in [-0.25, -0.2) is 4.39 Å². The van der Waals surface area contributed by atoms with Gasteiger partial charge < -0.3 is 15.8 Å². The predicted molar refractivity (Wildman–Crippen MR) is 86.7 cm³/mol. The minimum absolute atomic E-state index is 0. The zero-order valence-corrected chi connectivity index (χ0v) is 13.4. The van der Waals surface area contributed by atoms with Crippen molar-refractivity contribution >= 4 is 18.3 Å². The topological polar surface area (TPSA) is 64.3 Å². The average molecular weight is 331 g/mol. The molecule has 1 amide bonds. The van der Waals surface area contributed by atoms with Gasteiger partial charge in [-0.1, -0.05) is 6.42 Å². The van der Waals surface area contributed by atoms with E-state index in [0.29, 0.717) is 37.7 Å². The van der Waals surface area contributed by atoms with Gasteiger partial charge in [0, 0.05) is 12.5 Å². The lowest BCUT2D eigenvalue weighted by molar-refractivity contribution is -0.122. The maximum Gasteiger partial charge on any atom is 0.220 e. The third-order valence-corrected chi connectivity index (χ3v) is 3.94. The molecule has 124 valence electrons. The lowest BCUT2D eigenvalue weighted by Crippen LogP contribution is -2.39. The van der Waals surface area contributed by atoms with Gasteiger partial charge in [0.05, 0.1) is 6.61 Å². The Labute approximate surface area is 137 Å². The van der Waals surface area contributed by atoms with E-state index in [1.807, 2.05) is 0 Å². The number of hydrogen-bond acceptors (Lipinski definition) is 3. The Hall–Kier alpha value is -1.33. The number of amides is 1. The van der Waals surface area contributed by atoms with Crippen LogP contribution in [0.3, 0.4) is 0 Å². The summed E-state index contributed by atoms with van der Waals surface area (Å²) >= 11 is 0. The van der Waals surface area contributed by atoms with E-state index in [4.69, 9.17) is 10.5 Å². The second kappa shape index (κ2) is 9.64. The Balaban J connectivity index is 0.00000242. The zero-order chi connectivity index (χ0) is 15.1. The molecule has 0 aromatic heterocycles. The van der Waals surface area contributed by atoms with Crippen molar-refractivity contribution in [2.45, 2.75) is 38.1 Å². The van der Waals surface area contributed by atoms with Crippen molar-refractivity contribution in [2.24, 2.45) is 11.7 Å². The first-order chi connectivity index (χ1) is 10.2. The molecule has 0 bridgehead atoms. The fourth-order valence-corrected chi connectivity index (χ4v) is 2.74. The molecule has 2 rings (SSSR count). The molecule has 0 radical (unpaired) electrons. The largest absolute Gasteiger partial charge is 0.494 e. The summed E-state index contributed by atoms with van der Waals surface area (Å²) in [5.74, 6) is 0.816. The van der Waals surface area contributed by atoms with E-state index in [1.54, 1.807) is 12.1 Å². The molecule has 3 N–H and O–H groups in total. The van der Waals surface area contributed by atoms with Gasteiger partial charge in [0.25, 0.3) is 0 Å². The number of halogens is 2. The van der Waals surface area contributed by atoms with Gasteiger partial charge >= 0.3 is 0 Å². The van der Waals surface area contributed by atoms with Crippen molar-refractivity contribution < 1.29 is 13.9 Å². The summed E-state index contributed by atoms with van der Waals surface area (Å²) in [6, 6.07) is 6.12. The molecular weight excluding hydrogens is 307 g/mol. The Kier molecular flexibility index (Phi) is 8.20. The molecule has 6 heteroatoms. The van der Waals surface area contributed by atoms with E-state index >= 15 is 0 Å². The van der Waals surface area contributed by atoms with E-state index in [1.165, 1.54) is 12.1 Å². The zero-order valence-electron chi connectivity index (χ0n) is 12.6. The second-order valence-corrected chi connectivity index (χ2v) is 5.51. The maximum absolute atomic E-state index is 12.7. The Morgan fingerprint density at radius 1 is 1.32 bits per heavy atom. The van der Waals surface area contributed by atoms with E-state index in [9.17, 15) is 9.18 Å². The van der Waals surface area contributed by atoms with Crippen LogP contribution < -0.4 is 15.8 Å². The molecule has 1 aliphatic rings. The van der Waals surface area contributed by atoms with Crippen molar-refractivity contribution in [2.75, 3.05) is 13.2 Å². The molecule has 1 aliphatic carbocycles. The third-order valence-electron chi connectivity index (χ3n) is 3.94. The molecule has 4 nitrogen and oxygen atoms in total. The number of benzene rings is 1. The summed E-state index contributed by atoms with van der Waals surface area (Å²) in [7, 11) is 0. The van der Waals surface area contributed by atoms with Crippen molar-refractivity contribution in [1.82, 2.24) is 5.32 Å². The van der Waals surface area contributed by atoms with Crippen LogP contribution in [0.2, 0.25) is 0 Å². The molecular formula is C16H24ClFN2O2. The van der Waals surface area contributed by atoms with Crippen LogP contribution in [-0.2, 0) is 4.79 Å². The molecule has 1 aromatic carbocycles. The summed E-state index contributed by atoms with van der Waals surface area (Å²) in [4.78, 5) is 11.9. The molecule has 0 saturated heterocycles. The van der Waals surface area contributed by atoms with Crippen LogP contribution in [0.5, 0.6) is 5.75 Å². The van der Waals surface area contributed by atoms with E-state index < -0.39 is 0 Å². The average Bonchev–Trinajstić information content (AvgIpc) is 2.92. The Morgan fingerprint density at radius 2 is 2.05 bits per heavy atom. The van der Waals surface area contributed by atoms with Crippen LogP contribution in [0.1, 0.15) is 32.1 Å². The molecule has 0 heterocycles. The number of carbonyl (C=O) groups excluding carboxylic acids is 1. The molecule has 0 spiro atoms. The van der Waals surface area contributed by atoms with Gasteiger partial charge in [-0.2, -0.15) is 0 Å². The highest BCUT2D eigenvalue weighted by Crippen LogP contribution is 2.24. The summed E-state index contributed by atoms with van der Waals surface area (Å²) in [5, 5.41) is 3.06. The minimum atomic E-state index is -0.284. The van der Waals surface area contributed by atoms with E-state index in [-0.39, 0.29) is 30.2 Å². The van der Waals surface area contributed by atoms with Crippen molar-refractivity contribution in [3.8, 4) is 5.75 Å². The van der Waals surface area contributed by atoms with Gasteiger partial charge in [-0.3, -0.25) is 4.79 Å². The van der Waals surface area contributed by atoms with Crippen LogP contribution in [0, 0.1) is 11.7 Å². The summed E-state index contributed by atoms with van der Waals surface area (Å²) < 4.78 is 18.2. The number of ether oxygens (including phenoxy) is 1. The minimum Gasteiger partial charge on any atom is -0.494 e. The third kappa shape index (κ3) is 5.81. The van der Waals surface area contributed by atoms with Gasteiger partial charge in [0.15, 0.2) is 0 Å². The lowest BCUT2D eigenvalue weighted by atomic mass is 10.0. The number of rotatable bonds is 7. The molecule has 0 aliphatic heterocycles. The quantitative estimate of drug-likeness (QED) is 0.755. The Morgan fingerprint density at radius 3 is 2.73 bits per heavy atom. The maximum atomic E-state index is 12.7. The molecule has 22 heavy (non-hydrogen) atoms. The van der Waals surface area contributed by atoms with Crippen molar-refractivity contribution in [3.63, 3.8) is 0 Å². The molecule has 2 atom stereocenters. The van der Waals surface area contributed by atoms with Crippen LogP contribution in [0.4, 0.5) is 4.39 Å². The summed E-state index contributed by atoms with van der Waals surface area (Å²) in [6.45, 7) is 1.09. The smallest absolute Gasteiger partial charge is 0.220 e. The first kappa shape index (κ1) is 18.7. The van der Waals surface area contributed by atoms with E-state index in [2.05, 4.69) is 5.32 Å². The fourth-order valence-electron chi connectivity index (χ4n) is 2.74. The lowest BCUT2D eigenvalue weighted by Gasteiger charge is -2.19. The van der Waals surface area contributed by atoms with Crippen LogP contribution >= 0.6 is 12.4 Å². The first-order valence-corrected chi connectivity index (χ1v) is 7.57. The highest BCUT2D eigenvalue weighted by atomic mass is 35.5. The van der Waals surface area contributed by atoms with E-state index in [0.717, 1.165) is 19.3 Å². The second-order valence-electron chi connectivity index (χ2n) is 5.51. The monoisotopic (exact) mass is 330 g/mol. The SMILES string of the molecule is Cl.NCC1CCCC1NC(=O)CCCOc1ccc(F)cc1. The first-order valence-electron chi connectivity index (χ1n) is 7.57. The molecule has 2 unspecified atom stereocenters. The molecule has 1 aromatic rings. The number of hydrogen-bond donors (Lipinski definition) is 2. The number of nitrogens with one attached hydrogen (secondary N) is 1.